The summed E-state index contributed by atoms with van der Waals surface area (Å²) in [4.78, 5) is 60.7. The number of carbonyl (C=O) groups is 4. The van der Waals surface area contributed by atoms with Gasteiger partial charge in [0.25, 0.3) is 11.8 Å². The lowest BCUT2D eigenvalue weighted by molar-refractivity contribution is -0.231. The highest BCUT2D eigenvalue weighted by Crippen LogP contribution is 2.45. The van der Waals surface area contributed by atoms with Crippen molar-refractivity contribution in [3.8, 4) is 0 Å². The molecule has 15 nitrogen and oxygen atoms in total. The molecule has 3 saturated heterocycles. The molecule has 2 aromatic carbocycles. The van der Waals surface area contributed by atoms with E-state index < -0.39 is 100 Å². The SMILES string of the molecule is C=C1N[C@H]2[C@H](CN3C(=O)CN(c4ccccc4)C3=O)N=C(NC(=O)OCC(Cl)(Cl)Cl)N3CC(NC(=O)c4cccc(C(F)(F)F)c4)C(O)(O)[C@]23N1. The molecular formula is C30H28Cl3F3N8O7. The Bertz CT molecular complexity index is 1810. The lowest BCUT2D eigenvalue weighted by atomic mass is 9.85. The minimum Gasteiger partial charge on any atom is -0.445 e. The van der Waals surface area contributed by atoms with Gasteiger partial charge in [-0.3, -0.25) is 24.7 Å². The number of alkyl carbamates (subject to hydrolysis) is 1. The Hall–Kier alpha value is -4.49. The first-order valence-electron chi connectivity index (χ1n) is 15.0. The fourth-order valence-electron chi connectivity index (χ4n) is 6.50. The molecule has 2 aromatic rings. The molecule has 3 fully saturated rings. The molecule has 0 saturated carbocycles. The lowest BCUT2D eigenvalue weighted by Crippen LogP contribution is -2.78. The van der Waals surface area contributed by atoms with Gasteiger partial charge in [0, 0.05) is 17.8 Å². The molecule has 5 amide bonds. The number of aliphatic imine (C=N–C) groups is 1. The number of benzene rings is 2. The molecule has 4 heterocycles. The Labute approximate surface area is 301 Å². The van der Waals surface area contributed by atoms with Crippen molar-refractivity contribution in [1.29, 1.82) is 0 Å². The molecule has 21 heteroatoms. The number of anilines is 1. The molecule has 0 bridgehead atoms. The van der Waals surface area contributed by atoms with Crippen LogP contribution >= 0.6 is 34.8 Å². The number of hydrogen-bond donors (Lipinski definition) is 6. The molecule has 4 aliphatic heterocycles. The number of nitrogens with zero attached hydrogens (tertiary/aromatic N) is 4. The third kappa shape index (κ3) is 6.69. The Kier molecular flexibility index (Phi) is 9.20. The summed E-state index contributed by atoms with van der Waals surface area (Å²) in [6, 6.07) is 7.02. The van der Waals surface area contributed by atoms with Crippen LogP contribution < -0.4 is 26.2 Å². The van der Waals surface area contributed by atoms with Gasteiger partial charge in [0.15, 0.2) is 5.66 Å². The molecule has 1 unspecified atom stereocenters. The average Bonchev–Trinajstić information content (AvgIpc) is 3.64. The van der Waals surface area contributed by atoms with Crippen LogP contribution in [-0.2, 0) is 15.7 Å². The van der Waals surface area contributed by atoms with Gasteiger partial charge in [-0.15, -0.1) is 0 Å². The van der Waals surface area contributed by atoms with Crippen molar-refractivity contribution in [3.05, 3.63) is 78.1 Å². The number of amides is 5. The lowest BCUT2D eigenvalue weighted by Gasteiger charge is -2.49. The Morgan fingerprint density at radius 1 is 1.10 bits per heavy atom. The first-order chi connectivity index (χ1) is 23.8. The van der Waals surface area contributed by atoms with Crippen molar-refractivity contribution < 1.29 is 47.3 Å². The Morgan fingerprint density at radius 2 is 1.80 bits per heavy atom. The van der Waals surface area contributed by atoms with Crippen molar-refractivity contribution in [3.63, 3.8) is 0 Å². The first kappa shape index (κ1) is 36.3. The number of urea groups is 1. The van der Waals surface area contributed by atoms with Gasteiger partial charge in [-0.25, -0.2) is 14.6 Å². The molecule has 0 radical (unpaired) electrons. The number of rotatable bonds is 6. The van der Waals surface area contributed by atoms with Crippen LogP contribution in [0.2, 0.25) is 0 Å². The smallest absolute Gasteiger partial charge is 0.416 e. The summed E-state index contributed by atoms with van der Waals surface area (Å²) < 4.78 is 43.1. The van der Waals surface area contributed by atoms with Crippen molar-refractivity contribution in [2.24, 2.45) is 4.99 Å². The topological polar surface area (TPSA) is 188 Å². The fourth-order valence-corrected chi connectivity index (χ4v) is 6.67. The van der Waals surface area contributed by atoms with Crippen molar-refractivity contribution in [1.82, 2.24) is 31.1 Å². The van der Waals surface area contributed by atoms with Gasteiger partial charge in [-0.1, -0.05) is 65.6 Å². The van der Waals surface area contributed by atoms with Gasteiger partial charge >= 0.3 is 18.3 Å². The van der Waals surface area contributed by atoms with E-state index in [-0.39, 0.29) is 12.4 Å². The maximum absolute atomic E-state index is 13.5. The summed E-state index contributed by atoms with van der Waals surface area (Å²) in [5.41, 5.74) is -3.25. The molecule has 6 N–H and O–H groups in total. The second kappa shape index (κ2) is 12.9. The van der Waals surface area contributed by atoms with E-state index in [2.05, 4.69) is 32.8 Å². The van der Waals surface area contributed by atoms with Gasteiger partial charge in [-0.2, -0.15) is 13.2 Å². The largest absolute Gasteiger partial charge is 0.445 e. The summed E-state index contributed by atoms with van der Waals surface area (Å²) >= 11 is 17.1. The molecular weight excluding hydrogens is 748 g/mol. The van der Waals surface area contributed by atoms with E-state index >= 15 is 0 Å². The number of aliphatic hydroxyl groups is 2. The highest BCUT2D eigenvalue weighted by Gasteiger charge is 2.74. The molecule has 4 aliphatic rings. The zero-order chi connectivity index (χ0) is 37.1. The predicted octanol–water partition coefficient (Wildman–Crippen LogP) is 1.83. The van der Waals surface area contributed by atoms with Crippen LogP contribution in [0.15, 0.2) is 72.0 Å². The van der Waals surface area contributed by atoms with Crippen molar-refractivity contribution in [2.75, 3.05) is 31.1 Å². The van der Waals surface area contributed by atoms with Crippen LogP contribution in [0.3, 0.4) is 0 Å². The van der Waals surface area contributed by atoms with E-state index in [0.717, 1.165) is 28.0 Å². The maximum atomic E-state index is 13.5. The van der Waals surface area contributed by atoms with Gasteiger partial charge in [0.1, 0.15) is 19.2 Å². The van der Waals surface area contributed by atoms with Crippen LogP contribution in [0, 0.1) is 0 Å². The summed E-state index contributed by atoms with van der Waals surface area (Å²) in [5, 5.41) is 34.3. The number of imide groups is 1. The van der Waals surface area contributed by atoms with E-state index in [1.54, 1.807) is 30.3 Å². The third-order valence-electron chi connectivity index (χ3n) is 8.72. The number of halogens is 6. The van der Waals surface area contributed by atoms with E-state index in [1.165, 1.54) is 4.90 Å². The molecule has 272 valence electrons. The summed E-state index contributed by atoms with van der Waals surface area (Å²) in [6.07, 6.45) is -5.97. The summed E-state index contributed by atoms with van der Waals surface area (Å²) in [5.74, 6) is -5.08. The number of guanidine groups is 1. The first-order valence-corrected chi connectivity index (χ1v) is 16.1. The third-order valence-corrected chi connectivity index (χ3v) is 9.05. The Morgan fingerprint density at radius 3 is 2.47 bits per heavy atom. The van der Waals surface area contributed by atoms with Gasteiger partial charge in [0.2, 0.25) is 15.5 Å². The van der Waals surface area contributed by atoms with Gasteiger partial charge in [-0.05, 0) is 30.3 Å². The molecule has 0 aliphatic carbocycles. The number of ether oxygens (including phenoxy) is 1. The van der Waals surface area contributed by atoms with Crippen LogP contribution in [-0.4, -0.2) is 110 Å². The zero-order valence-corrected chi connectivity index (χ0v) is 28.2. The second-order valence-electron chi connectivity index (χ2n) is 12.0. The molecule has 1 spiro atoms. The Balaban J connectivity index is 1.35. The quantitative estimate of drug-likeness (QED) is 0.144. The highest BCUT2D eigenvalue weighted by molar-refractivity contribution is 6.67. The summed E-state index contributed by atoms with van der Waals surface area (Å²) in [7, 11) is 0. The van der Waals surface area contributed by atoms with Crippen LogP contribution in [0.4, 0.5) is 28.4 Å². The summed E-state index contributed by atoms with van der Waals surface area (Å²) in [6.45, 7) is 1.84. The molecule has 6 rings (SSSR count). The normalized spacial score (nSPS) is 25.5. The van der Waals surface area contributed by atoms with Crippen LogP contribution in [0.1, 0.15) is 15.9 Å². The van der Waals surface area contributed by atoms with Gasteiger partial charge < -0.3 is 35.8 Å². The van der Waals surface area contributed by atoms with Gasteiger partial charge in [0.05, 0.1) is 30.0 Å². The molecule has 4 atom stereocenters. The number of alkyl halides is 6. The molecule has 0 aromatic heterocycles. The average molecular weight is 776 g/mol. The van der Waals surface area contributed by atoms with Crippen LogP contribution in [0.5, 0.6) is 0 Å². The maximum Gasteiger partial charge on any atom is 0.416 e. The van der Waals surface area contributed by atoms with E-state index in [1.807, 2.05) is 0 Å². The second-order valence-corrected chi connectivity index (χ2v) is 14.5. The zero-order valence-electron chi connectivity index (χ0n) is 26.0. The monoisotopic (exact) mass is 774 g/mol. The van der Waals surface area contributed by atoms with E-state index in [9.17, 15) is 42.6 Å². The highest BCUT2D eigenvalue weighted by atomic mass is 35.6. The number of carbonyl (C=O) groups excluding carboxylic acids is 4. The van der Waals surface area contributed by atoms with Crippen LogP contribution in [0.25, 0.3) is 0 Å². The number of hydrogen-bond acceptors (Lipinski definition) is 11. The predicted molar refractivity (Wildman–Crippen MR) is 175 cm³/mol. The number of para-hydroxylation sites is 1. The van der Waals surface area contributed by atoms with Crippen molar-refractivity contribution >= 4 is 70.4 Å². The molecule has 51 heavy (non-hydrogen) atoms. The number of nitrogens with one attached hydrogen (secondary N) is 4. The van der Waals surface area contributed by atoms with E-state index in [0.29, 0.717) is 11.8 Å². The fraction of sp³-hybridized carbons (Fsp3) is 0.367. The minimum absolute atomic E-state index is 0.0209. The standard InChI is InChI=1S/C30H28Cl3F3N8O7/c1-15-37-22-19(11-43-21(45)13-42(26(43)48)18-8-3-2-4-9-18)38-24(40-25(47)51-14-27(31,32)33)44-12-20(29(49,50)28(22,44)41-15)39-23(46)16-6-5-7-17(10-16)30(34,35)36/h2-10,19-20,22,37,41,49-50H,1,11-14H2,(H,39,46)(H,38,40,47)/t19-,20?,22-,28-/m0/s1. The van der Waals surface area contributed by atoms with E-state index in [4.69, 9.17) is 39.5 Å². The van der Waals surface area contributed by atoms with Crippen molar-refractivity contribution in [2.45, 2.75) is 39.5 Å². The minimum atomic E-state index is -4.76.